The minimum absolute atomic E-state index is 0.0765. The first-order valence-electron chi connectivity index (χ1n) is 6.93. The van der Waals surface area contributed by atoms with Crippen LogP contribution in [-0.4, -0.2) is 11.9 Å². The Morgan fingerprint density at radius 2 is 1.86 bits per heavy atom. The van der Waals surface area contributed by atoms with E-state index in [9.17, 15) is 0 Å². The predicted molar refractivity (Wildman–Crippen MR) is 92.9 cm³/mol. The van der Waals surface area contributed by atoms with Crippen molar-refractivity contribution >= 4 is 27.5 Å². The third kappa shape index (κ3) is 3.85. The highest BCUT2D eigenvalue weighted by Crippen LogP contribution is 2.26. The van der Waals surface area contributed by atoms with E-state index in [1.54, 1.807) is 0 Å². The summed E-state index contributed by atoms with van der Waals surface area (Å²) in [6, 6.07) is 16.7. The highest BCUT2D eigenvalue weighted by Gasteiger charge is 2.13. The highest BCUT2D eigenvalue weighted by molar-refractivity contribution is 9.10. The number of nitrogen functional groups attached to an aromatic ring is 1. The maximum Gasteiger partial charge on any atom is 0.123 e. The average Bonchev–Trinajstić information content (AvgIpc) is 2.45. The van der Waals surface area contributed by atoms with Crippen molar-refractivity contribution in [3.8, 4) is 0 Å². The van der Waals surface area contributed by atoms with Crippen LogP contribution in [-0.2, 0) is 6.54 Å². The summed E-state index contributed by atoms with van der Waals surface area (Å²) in [6.07, 6.45) is 0. The highest BCUT2D eigenvalue weighted by atomic mass is 79.9. The monoisotopic (exact) mass is 345 g/mol. The molecule has 0 aliphatic rings. The van der Waals surface area contributed by atoms with Crippen LogP contribution < -0.4 is 10.6 Å². The van der Waals surface area contributed by atoms with Gasteiger partial charge in [0.15, 0.2) is 0 Å². The number of benzene rings is 2. The Hall–Kier alpha value is -1.81. The lowest BCUT2D eigenvalue weighted by atomic mass is 10.1. The molecular weight excluding hydrogens is 326 g/mol. The fraction of sp³-hybridized carbons (Fsp3) is 0.235. The van der Waals surface area contributed by atoms with E-state index in [0.717, 1.165) is 22.3 Å². The van der Waals surface area contributed by atoms with Gasteiger partial charge in [0.2, 0.25) is 0 Å². The number of amidine groups is 1. The number of nitrogens with two attached hydrogens (primary N) is 1. The normalized spacial score (nSPS) is 10.7. The van der Waals surface area contributed by atoms with Crippen molar-refractivity contribution in [1.29, 1.82) is 5.41 Å². The first-order chi connectivity index (χ1) is 9.99. The molecule has 0 saturated heterocycles. The van der Waals surface area contributed by atoms with Crippen molar-refractivity contribution in [3.63, 3.8) is 0 Å². The minimum atomic E-state index is 0.0765. The fourth-order valence-electron chi connectivity index (χ4n) is 2.25. The lowest BCUT2D eigenvalue weighted by Gasteiger charge is -2.29. The maximum atomic E-state index is 7.55. The van der Waals surface area contributed by atoms with Crippen molar-refractivity contribution in [2.24, 2.45) is 5.73 Å². The molecule has 3 N–H and O–H groups in total. The molecule has 2 aromatic rings. The number of hydrogen-bond donors (Lipinski definition) is 2. The van der Waals surface area contributed by atoms with Gasteiger partial charge in [0.05, 0.1) is 0 Å². The number of rotatable bonds is 5. The predicted octanol–water partition coefficient (Wildman–Crippen LogP) is 4.15. The second-order valence-electron chi connectivity index (χ2n) is 5.29. The molecule has 0 spiro atoms. The number of nitrogens with zero attached hydrogens (tertiary/aromatic N) is 1. The van der Waals surface area contributed by atoms with Gasteiger partial charge in [0.1, 0.15) is 5.84 Å². The molecule has 0 unspecified atom stereocenters. The SMILES string of the molecule is CC(C)N(Cc1ccccc1)c1ccc(C(=N)N)c(Br)c1. The van der Waals surface area contributed by atoms with Crippen LogP contribution in [0.2, 0.25) is 0 Å². The Labute approximate surface area is 134 Å². The second-order valence-corrected chi connectivity index (χ2v) is 6.14. The van der Waals surface area contributed by atoms with Crippen molar-refractivity contribution in [1.82, 2.24) is 0 Å². The zero-order chi connectivity index (χ0) is 15.4. The zero-order valence-electron chi connectivity index (χ0n) is 12.3. The van der Waals surface area contributed by atoms with E-state index in [1.165, 1.54) is 5.56 Å². The largest absolute Gasteiger partial charge is 0.384 e. The van der Waals surface area contributed by atoms with E-state index < -0.39 is 0 Å². The molecule has 0 heterocycles. The number of nitrogens with one attached hydrogen (secondary N) is 1. The Morgan fingerprint density at radius 1 is 1.19 bits per heavy atom. The number of halogens is 1. The Kier molecular flexibility index (Phi) is 5.02. The standard InChI is InChI=1S/C17H20BrN3/c1-12(2)21(11-13-6-4-3-5-7-13)14-8-9-15(17(19)20)16(18)10-14/h3-10,12H,11H2,1-2H3,(H3,19,20). The topological polar surface area (TPSA) is 53.1 Å². The molecule has 0 bridgehead atoms. The summed E-state index contributed by atoms with van der Waals surface area (Å²) in [4.78, 5) is 2.32. The first kappa shape index (κ1) is 15.6. The van der Waals surface area contributed by atoms with Crippen molar-refractivity contribution < 1.29 is 0 Å². The van der Waals surface area contributed by atoms with Gasteiger partial charge in [0.25, 0.3) is 0 Å². The van der Waals surface area contributed by atoms with Gasteiger partial charge in [-0.05, 0) is 53.5 Å². The molecule has 0 amide bonds. The van der Waals surface area contributed by atoms with Gasteiger partial charge in [-0.2, -0.15) is 0 Å². The molecule has 0 atom stereocenters. The van der Waals surface area contributed by atoms with Crippen LogP contribution >= 0.6 is 15.9 Å². The average molecular weight is 346 g/mol. The van der Waals surface area contributed by atoms with E-state index in [4.69, 9.17) is 11.1 Å². The van der Waals surface area contributed by atoms with Crippen LogP contribution in [0, 0.1) is 5.41 Å². The van der Waals surface area contributed by atoms with Gasteiger partial charge in [-0.1, -0.05) is 30.3 Å². The summed E-state index contributed by atoms with van der Waals surface area (Å²) in [5.74, 6) is 0.0765. The quantitative estimate of drug-likeness (QED) is 0.631. The lowest BCUT2D eigenvalue weighted by molar-refractivity contribution is 0.682. The Balaban J connectivity index is 2.31. The molecule has 2 rings (SSSR count). The number of hydrogen-bond acceptors (Lipinski definition) is 2. The summed E-state index contributed by atoms with van der Waals surface area (Å²) in [7, 11) is 0. The maximum absolute atomic E-state index is 7.55. The van der Waals surface area contributed by atoms with Crippen LogP contribution in [0.15, 0.2) is 53.0 Å². The van der Waals surface area contributed by atoms with Crippen LogP contribution in [0.3, 0.4) is 0 Å². The van der Waals surface area contributed by atoms with Crippen LogP contribution in [0.4, 0.5) is 5.69 Å². The Morgan fingerprint density at radius 3 is 2.38 bits per heavy atom. The van der Waals surface area contributed by atoms with Gasteiger partial charge in [-0.15, -0.1) is 0 Å². The first-order valence-corrected chi connectivity index (χ1v) is 7.73. The molecule has 0 aromatic heterocycles. The van der Waals surface area contributed by atoms with E-state index >= 15 is 0 Å². The smallest absolute Gasteiger partial charge is 0.123 e. The number of anilines is 1. The van der Waals surface area contributed by atoms with E-state index in [1.807, 2.05) is 24.3 Å². The molecule has 4 heteroatoms. The summed E-state index contributed by atoms with van der Waals surface area (Å²) in [6.45, 7) is 5.20. The van der Waals surface area contributed by atoms with Crippen molar-refractivity contribution in [2.75, 3.05) is 4.90 Å². The Bertz CT molecular complexity index is 623. The lowest BCUT2D eigenvalue weighted by Crippen LogP contribution is -2.30. The zero-order valence-corrected chi connectivity index (χ0v) is 13.9. The van der Waals surface area contributed by atoms with E-state index in [-0.39, 0.29) is 5.84 Å². The van der Waals surface area contributed by atoms with Crippen molar-refractivity contribution in [2.45, 2.75) is 26.4 Å². The minimum Gasteiger partial charge on any atom is -0.384 e. The summed E-state index contributed by atoms with van der Waals surface area (Å²) >= 11 is 3.50. The molecule has 21 heavy (non-hydrogen) atoms. The molecule has 2 aromatic carbocycles. The van der Waals surface area contributed by atoms with Gasteiger partial charge < -0.3 is 10.6 Å². The van der Waals surface area contributed by atoms with Gasteiger partial charge in [-0.3, -0.25) is 5.41 Å². The second kappa shape index (κ2) is 6.76. The molecule has 110 valence electrons. The van der Waals surface area contributed by atoms with Crippen LogP contribution in [0.25, 0.3) is 0 Å². The molecule has 0 aliphatic heterocycles. The molecular formula is C17H20BrN3. The van der Waals surface area contributed by atoms with E-state index in [2.05, 4.69) is 58.9 Å². The molecule has 0 fully saturated rings. The van der Waals surface area contributed by atoms with Crippen LogP contribution in [0.1, 0.15) is 25.0 Å². The molecule has 0 aliphatic carbocycles. The van der Waals surface area contributed by atoms with Crippen LogP contribution in [0.5, 0.6) is 0 Å². The molecule has 0 radical (unpaired) electrons. The summed E-state index contributed by atoms with van der Waals surface area (Å²) in [5.41, 5.74) is 8.68. The van der Waals surface area contributed by atoms with Gasteiger partial charge >= 0.3 is 0 Å². The molecule has 3 nitrogen and oxygen atoms in total. The van der Waals surface area contributed by atoms with E-state index in [0.29, 0.717) is 6.04 Å². The van der Waals surface area contributed by atoms with Gasteiger partial charge in [0, 0.05) is 28.3 Å². The summed E-state index contributed by atoms with van der Waals surface area (Å²) < 4.78 is 0.853. The molecule has 0 saturated carbocycles. The summed E-state index contributed by atoms with van der Waals surface area (Å²) in [5, 5.41) is 7.55. The third-order valence-electron chi connectivity index (χ3n) is 3.39. The fourth-order valence-corrected chi connectivity index (χ4v) is 2.83. The third-order valence-corrected chi connectivity index (χ3v) is 4.05. The van der Waals surface area contributed by atoms with Crippen molar-refractivity contribution in [3.05, 3.63) is 64.1 Å². The van der Waals surface area contributed by atoms with Gasteiger partial charge in [-0.25, -0.2) is 0 Å².